The first-order chi connectivity index (χ1) is 13.2. The van der Waals surface area contributed by atoms with Crippen LogP contribution in [0.1, 0.15) is 18.4 Å². The van der Waals surface area contributed by atoms with Crippen LogP contribution < -0.4 is 20.3 Å². The molecule has 142 valence electrons. The van der Waals surface area contributed by atoms with Crippen LogP contribution in [0.5, 0.6) is 5.75 Å². The van der Waals surface area contributed by atoms with Gasteiger partial charge in [0.2, 0.25) is 5.91 Å². The zero-order chi connectivity index (χ0) is 18.9. The molecule has 27 heavy (non-hydrogen) atoms. The van der Waals surface area contributed by atoms with Gasteiger partial charge in [-0.3, -0.25) is 9.59 Å². The van der Waals surface area contributed by atoms with Crippen LogP contribution >= 0.6 is 0 Å². The highest BCUT2D eigenvalue weighted by Crippen LogP contribution is 2.18. The molecule has 7 nitrogen and oxygen atoms in total. The number of pyridine rings is 1. The molecule has 2 N–H and O–H groups in total. The maximum atomic E-state index is 11.9. The van der Waals surface area contributed by atoms with E-state index in [1.807, 2.05) is 30.3 Å². The Labute approximate surface area is 158 Å². The molecule has 1 fully saturated rings. The molecule has 7 heteroatoms. The Morgan fingerprint density at radius 1 is 1.04 bits per heavy atom. The molecule has 1 aromatic heterocycles. The molecular formula is C20H24N4O3. The van der Waals surface area contributed by atoms with Gasteiger partial charge in [0, 0.05) is 25.8 Å². The smallest absolute Gasteiger partial charge is 0.258 e. The predicted octanol–water partition coefficient (Wildman–Crippen LogP) is 1.49. The van der Waals surface area contributed by atoms with Crippen LogP contribution in [0, 0.1) is 0 Å². The number of para-hydroxylation sites is 1. The van der Waals surface area contributed by atoms with Gasteiger partial charge in [-0.05, 0) is 42.7 Å². The third-order valence-electron chi connectivity index (χ3n) is 4.29. The van der Waals surface area contributed by atoms with Crippen molar-refractivity contribution in [2.75, 3.05) is 31.1 Å². The fourth-order valence-electron chi connectivity index (χ4n) is 2.85. The molecule has 0 atom stereocenters. The van der Waals surface area contributed by atoms with Crippen molar-refractivity contribution in [3.05, 3.63) is 54.2 Å². The van der Waals surface area contributed by atoms with Crippen molar-refractivity contribution in [3.63, 3.8) is 0 Å². The lowest BCUT2D eigenvalue weighted by Crippen LogP contribution is -2.38. The number of nitrogens with one attached hydrogen (secondary N) is 2. The molecular weight excluding hydrogens is 344 g/mol. The standard InChI is InChI=1S/C20H24N4O3/c25-19(14-23-20(26)15-27-17-6-2-1-3-7-17)22-13-16-8-9-21-18(12-16)24-10-4-5-11-24/h1-3,6-9,12H,4-5,10-11,13-15H2,(H,22,25)(H,23,26). The second kappa shape index (κ2) is 9.56. The summed E-state index contributed by atoms with van der Waals surface area (Å²) in [5.74, 6) is 0.978. The Kier molecular flexibility index (Phi) is 6.62. The van der Waals surface area contributed by atoms with Gasteiger partial charge in [0.1, 0.15) is 11.6 Å². The average Bonchev–Trinajstić information content (AvgIpc) is 3.25. The highest BCUT2D eigenvalue weighted by molar-refractivity contribution is 5.85. The van der Waals surface area contributed by atoms with Crippen molar-refractivity contribution < 1.29 is 14.3 Å². The lowest BCUT2D eigenvalue weighted by Gasteiger charge is -2.17. The van der Waals surface area contributed by atoms with Crippen molar-refractivity contribution >= 4 is 17.6 Å². The fraction of sp³-hybridized carbons (Fsp3) is 0.350. The molecule has 1 aromatic carbocycles. The minimum Gasteiger partial charge on any atom is -0.484 e. The number of anilines is 1. The van der Waals surface area contributed by atoms with E-state index in [2.05, 4.69) is 20.5 Å². The first-order valence-corrected chi connectivity index (χ1v) is 9.12. The third-order valence-corrected chi connectivity index (χ3v) is 4.29. The lowest BCUT2D eigenvalue weighted by molar-refractivity contribution is -0.127. The summed E-state index contributed by atoms with van der Waals surface area (Å²) in [4.78, 5) is 30.3. The van der Waals surface area contributed by atoms with E-state index in [9.17, 15) is 9.59 Å². The monoisotopic (exact) mass is 368 g/mol. The van der Waals surface area contributed by atoms with Crippen LogP contribution in [0.2, 0.25) is 0 Å². The SMILES string of the molecule is O=C(CNC(=O)COc1ccccc1)NCc1ccnc(N2CCCC2)c1. The van der Waals surface area contributed by atoms with Gasteiger partial charge in [-0.15, -0.1) is 0 Å². The summed E-state index contributed by atoms with van der Waals surface area (Å²) < 4.78 is 5.34. The maximum Gasteiger partial charge on any atom is 0.258 e. The molecule has 2 aromatic rings. The molecule has 3 rings (SSSR count). The van der Waals surface area contributed by atoms with E-state index in [0.29, 0.717) is 12.3 Å². The van der Waals surface area contributed by atoms with E-state index in [0.717, 1.165) is 24.5 Å². The number of hydrogen-bond donors (Lipinski definition) is 2. The van der Waals surface area contributed by atoms with Gasteiger partial charge in [-0.1, -0.05) is 18.2 Å². The van der Waals surface area contributed by atoms with Crippen LogP contribution in [-0.4, -0.2) is 43.0 Å². The predicted molar refractivity (Wildman–Crippen MR) is 102 cm³/mol. The molecule has 0 bridgehead atoms. The average molecular weight is 368 g/mol. The van der Waals surface area contributed by atoms with E-state index < -0.39 is 0 Å². The summed E-state index contributed by atoms with van der Waals surface area (Å²) in [7, 11) is 0. The van der Waals surface area contributed by atoms with Crippen molar-refractivity contribution in [2.24, 2.45) is 0 Å². The van der Waals surface area contributed by atoms with E-state index in [4.69, 9.17) is 4.74 Å². The quantitative estimate of drug-likeness (QED) is 0.738. The molecule has 0 unspecified atom stereocenters. The molecule has 2 heterocycles. The largest absolute Gasteiger partial charge is 0.484 e. The van der Waals surface area contributed by atoms with E-state index >= 15 is 0 Å². The summed E-state index contributed by atoms with van der Waals surface area (Å²) in [6, 6.07) is 12.9. The van der Waals surface area contributed by atoms with Crippen molar-refractivity contribution in [2.45, 2.75) is 19.4 Å². The van der Waals surface area contributed by atoms with E-state index in [1.54, 1.807) is 18.3 Å². The highest BCUT2D eigenvalue weighted by Gasteiger charge is 2.13. The number of rotatable bonds is 8. The molecule has 1 saturated heterocycles. The van der Waals surface area contributed by atoms with Crippen LogP contribution in [0.15, 0.2) is 48.7 Å². The van der Waals surface area contributed by atoms with E-state index in [1.165, 1.54) is 12.8 Å². The Bertz CT molecular complexity index is 761. The molecule has 0 spiro atoms. The first kappa shape index (κ1) is 18.7. The Morgan fingerprint density at radius 3 is 2.59 bits per heavy atom. The van der Waals surface area contributed by atoms with Gasteiger partial charge >= 0.3 is 0 Å². The summed E-state index contributed by atoms with van der Waals surface area (Å²) in [6.07, 6.45) is 4.14. The summed E-state index contributed by atoms with van der Waals surface area (Å²) in [5, 5.41) is 5.35. The number of aromatic nitrogens is 1. The Morgan fingerprint density at radius 2 is 1.81 bits per heavy atom. The molecule has 1 aliphatic heterocycles. The van der Waals surface area contributed by atoms with Crippen LogP contribution in [0.4, 0.5) is 5.82 Å². The number of benzene rings is 1. The maximum absolute atomic E-state index is 11.9. The highest BCUT2D eigenvalue weighted by atomic mass is 16.5. The summed E-state index contributed by atoms with van der Waals surface area (Å²) in [6.45, 7) is 2.25. The molecule has 0 saturated carbocycles. The third kappa shape index (κ3) is 5.99. The lowest BCUT2D eigenvalue weighted by atomic mass is 10.2. The summed E-state index contributed by atoms with van der Waals surface area (Å²) >= 11 is 0. The van der Waals surface area contributed by atoms with Gasteiger partial charge in [0.15, 0.2) is 6.61 Å². The van der Waals surface area contributed by atoms with Crippen LogP contribution in [0.25, 0.3) is 0 Å². The second-order valence-electron chi connectivity index (χ2n) is 6.37. The number of carbonyl (C=O) groups excluding carboxylic acids is 2. The Hall–Kier alpha value is -3.09. The zero-order valence-corrected chi connectivity index (χ0v) is 15.2. The van der Waals surface area contributed by atoms with E-state index in [-0.39, 0.29) is 25.0 Å². The summed E-state index contributed by atoms with van der Waals surface area (Å²) in [5.41, 5.74) is 0.985. The molecule has 0 aliphatic carbocycles. The Balaban J connectivity index is 1.37. The number of ether oxygens (including phenoxy) is 1. The first-order valence-electron chi connectivity index (χ1n) is 9.12. The molecule has 0 radical (unpaired) electrons. The number of nitrogens with zero attached hydrogens (tertiary/aromatic N) is 2. The van der Waals surface area contributed by atoms with Gasteiger partial charge in [0.25, 0.3) is 5.91 Å². The number of amides is 2. The minimum absolute atomic E-state index is 0.0823. The number of hydrogen-bond acceptors (Lipinski definition) is 5. The normalized spacial score (nSPS) is 13.3. The fourth-order valence-corrected chi connectivity index (χ4v) is 2.85. The molecule has 1 aliphatic rings. The van der Waals surface area contributed by atoms with Crippen molar-refractivity contribution in [1.29, 1.82) is 0 Å². The molecule has 2 amide bonds. The minimum atomic E-state index is -0.339. The number of carbonyl (C=O) groups is 2. The van der Waals surface area contributed by atoms with Crippen LogP contribution in [-0.2, 0) is 16.1 Å². The topological polar surface area (TPSA) is 83.6 Å². The van der Waals surface area contributed by atoms with Gasteiger partial charge in [0.05, 0.1) is 6.54 Å². The van der Waals surface area contributed by atoms with Gasteiger partial charge in [-0.2, -0.15) is 0 Å². The van der Waals surface area contributed by atoms with Gasteiger partial charge in [-0.25, -0.2) is 4.98 Å². The second-order valence-corrected chi connectivity index (χ2v) is 6.37. The van der Waals surface area contributed by atoms with Gasteiger partial charge < -0.3 is 20.3 Å². The van der Waals surface area contributed by atoms with Crippen molar-refractivity contribution in [1.82, 2.24) is 15.6 Å². The van der Waals surface area contributed by atoms with Crippen molar-refractivity contribution in [3.8, 4) is 5.75 Å². The zero-order valence-electron chi connectivity index (χ0n) is 15.2. The van der Waals surface area contributed by atoms with Crippen LogP contribution in [0.3, 0.4) is 0 Å².